The van der Waals surface area contributed by atoms with Crippen molar-refractivity contribution in [1.29, 1.82) is 0 Å². The van der Waals surface area contributed by atoms with Gasteiger partial charge in [-0.2, -0.15) is 0 Å². The molecule has 0 saturated heterocycles. The number of hydrogen-bond acceptors (Lipinski definition) is 2. The molecule has 3 aromatic rings. The highest BCUT2D eigenvalue weighted by Crippen LogP contribution is 2.21. The molecule has 0 radical (unpaired) electrons. The van der Waals surface area contributed by atoms with Crippen LogP contribution in [0.1, 0.15) is 34.3 Å². The molecule has 0 spiro atoms. The lowest BCUT2D eigenvalue weighted by molar-refractivity contribution is 1.11. The summed E-state index contributed by atoms with van der Waals surface area (Å²) in [4.78, 5) is 4.45. The molecular formula is C21H22ClNS. The van der Waals surface area contributed by atoms with Gasteiger partial charge in [0.15, 0.2) is 0 Å². The van der Waals surface area contributed by atoms with Gasteiger partial charge >= 0.3 is 0 Å². The van der Waals surface area contributed by atoms with Gasteiger partial charge in [0.25, 0.3) is 0 Å². The molecule has 0 aliphatic heterocycles. The van der Waals surface area contributed by atoms with E-state index in [2.05, 4.69) is 49.7 Å². The van der Waals surface area contributed by atoms with Gasteiger partial charge in [0.05, 0.1) is 10.7 Å². The average Bonchev–Trinajstić information content (AvgIpc) is 3.07. The maximum atomic E-state index is 5.98. The third-order valence-corrected chi connectivity index (χ3v) is 4.78. The van der Waals surface area contributed by atoms with Crippen molar-refractivity contribution < 1.29 is 0 Å². The van der Waals surface area contributed by atoms with Gasteiger partial charge in [-0.25, -0.2) is 4.98 Å². The van der Waals surface area contributed by atoms with Crippen molar-refractivity contribution in [3.63, 3.8) is 0 Å². The zero-order valence-corrected chi connectivity index (χ0v) is 15.7. The Balaban J connectivity index is 0.000000219. The molecule has 1 heterocycles. The first-order valence-corrected chi connectivity index (χ1v) is 9.24. The molecule has 0 atom stereocenters. The van der Waals surface area contributed by atoms with Crippen LogP contribution in [0.5, 0.6) is 0 Å². The Morgan fingerprint density at radius 3 is 2.50 bits per heavy atom. The molecule has 1 nitrogen and oxygen atoms in total. The van der Waals surface area contributed by atoms with Gasteiger partial charge in [-0.1, -0.05) is 61.5 Å². The summed E-state index contributed by atoms with van der Waals surface area (Å²) in [5, 5.41) is 3.89. The fourth-order valence-electron chi connectivity index (χ4n) is 2.21. The maximum absolute atomic E-state index is 5.98. The first-order chi connectivity index (χ1) is 11.6. The largest absolute Gasteiger partial charge is 0.242 e. The van der Waals surface area contributed by atoms with Crippen LogP contribution in [0.3, 0.4) is 0 Å². The van der Waals surface area contributed by atoms with E-state index in [0.717, 1.165) is 28.6 Å². The van der Waals surface area contributed by atoms with Crippen LogP contribution >= 0.6 is 22.9 Å². The van der Waals surface area contributed by atoms with Gasteiger partial charge in [0.2, 0.25) is 0 Å². The molecule has 0 fully saturated rings. The average molecular weight is 356 g/mol. The fourth-order valence-corrected chi connectivity index (χ4v) is 3.20. The molecule has 2 aromatic carbocycles. The molecule has 0 amide bonds. The Morgan fingerprint density at radius 1 is 1.17 bits per heavy atom. The molecule has 124 valence electrons. The third kappa shape index (κ3) is 5.63. The minimum atomic E-state index is 0.779. The monoisotopic (exact) mass is 355 g/mol. The molecule has 1 aromatic heterocycles. The predicted molar refractivity (Wildman–Crippen MR) is 107 cm³/mol. The van der Waals surface area contributed by atoms with Gasteiger partial charge in [-0.15, -0.1) is 11.3 Å². The quantitative estimate of drug-likeness (QED) is 0.514. The molecule has 0 N–H and O–H groups in total. The molecular weight excluding hydrogens is 334 g/mol. The summed E-state index contributed by atoms with van der Waals surface area (Å²) in [5.74, 6) is 0. The van der Waals surface area contributed by atoms with Crippen molar-refractivity contribution in [2.24, 2.45) is 0 Å². The predicted octanol–water partition coefficient (Wildman–Crippen LogP) is 6.59. The van der Waals surface area contributed by atoms with Crippen LogP contribution < -0.4 is 0 Å². The number of benzene rings is 2. The van der Waals surface area contributed by atoms with Gasteiger partial charge in [-0.3, -0.25) is 0 Å². The topological polar surface area (TPSA) is 12.9 Å². The Morgan fingerprint density at radius 2 is 1.92 bits per heavy atom. The summed E-state index contributed by atoms with van der Waals surface area (Å²) in [5.41, 5.74) is 4.84. The van der Waals surface area contributed by atoms with E-state index >= 15 is 0 Å². The molecule has 0 aliphatic carbocycles. The van der Waals surface area contributed by atoms with E-state index in [4.69, 9.17) is 11.6 Å². The van der Waals surface area contributed by atoms with Crippen LogP contribution in [0.15, 0.2) is 60.5 Å². The van der Waals surface area contributed by atoms with Crippen molar-refractivity contribution in [3.05, 3.63) is 92.9 Å². The van der Waals surface area contributed by atoms with E-state index in [1.54, 1.807) is 17.4 Å². The zero-order valence-electron chi connectivity index (χ0n) is 14.1. The summed E-state index contributed by atoms with van der Waals surface area (Å²) in [6, 6.07) is 16.4. The van der Waals surface area contributed by atoms with Crippen molar-refractivity contribution >= 4 is 29.0 Å². The van der Waals surface area contributed by atoms with E-state index in [0.29, 0.717) is 0 Å². The highest BCUT2D eigenvalue weighted by atomic mass is 35.5. The SMILES string of the molecule is C=Cc1csc(Cc2cc(Cl)ccc2C)n1.CCc1ccccc1. The standard InChI is InChI=1S/C13H12ClNS.C8H10/c1-3-12-8-16-13(15-12)7-10-6-11(14)5-4-9(10)2;1-2-8-6-4-3-5-7-8/h3-6,8H,1,7H2,2H3;3-7H,2H2,1H3. The van der Waals surface area contributed by atoms with Gasteiger partial charge < -0.3 is 0 Å². The Bertz CT molecular complexity index is 778. The lowest BCUT2D eigenvalue weighted by Gasteiger charge is -2.03. The molecule has 0 unspecified atom stereocenters. The number of aromatic nitrogens is 1. The first kappa shape index (κ1) is 18.4. The Labute approximate surface area is 153 Å². The van der Waals surface area contributed by atoms with Crippen LogP contribution in [0.25, 0.3) is 6.08 Å². The summed E-state index contributed by atoms with van der Waals surface area (Å²) in [7, 11) is 0. The second-order valence-corrected chi connectivity index (χ2v) is 6.84. The van der Waals surface area contributed by atoms with Crippen molar-refractivity contribution in [2.45, 2.75) is 26.7 Å². The molecule has 0 bridgehead atoms. The van der Waals surface area contributed by atoms with E-state index in [1.807, 2.05) is 29.6 Å². The summed E-state index contributed by atoms with van der Waals surface area (Å²) >= 11 is 7.64. The second kappa shape index (κ2) is 9.41. The fraction of sp³-hybridized carbons (Fsp3) is 0.190. The first-order valence-electron chi connectivity index (χ1n) is 7.98. The van der Waals surface area contributed by atoms with E-state index in [-0.39, 0.29) is 0 Å². The summed E-state index contributed by atoms with van der Waals surface area (Å²) in [6.07, 6.45) is 3.75. The van der Waals surface area contributed by atoms with E-state index < -0.39 is 0 Å². The van der Waals surface area contributed by atoms with Gasteiger partial charge in [-0.05, 0) is 48.2 Å². The van der Waals surface area contributed by atoms with Crippen LogP contribution in [0, 0.1) is 6.92 Å². The maximum Gasteiger partial charge on any atom is 0.0976 e. The third-order valence-electron chi connectivity index (χ3n) is 3.68. The number of rotatable bonds is 4. The van der Waals surface area contributed by atoms with Crippen LogP contribution in [0.2, 0.25) is 5.02 Å². The smallest absolute Gasteiger partial charge is 0.0976 e. The minimum Gasteiger partial charge on any atom is -0.242 e. The molecule has 24 heavy (non-hydrogen) atoms. The molecule has 0 aliphatic rings. The number of thiazole rings is 1. The van der Waals surface area contributed by atoms with E-state index in [9.17, 15) is 0 Å². The van der Waals surface area contributed by atoms with Crippen molar-refractivity contribution in [3.8, 4) is 0 Å². The van der Waals surface area contributed by atoms with Crippen molar-refractivity contribution in [2.75, 3.05) is 0 Å². The Kier molecular flexibility index (Phi) is 7.23. The summed E-state index contributed by atoms with van der Waals surface area (Å²) in [6.45, 7) is 7.96. The zero-order chi connectivity index (χ0) is 17.4. The molecule has 0 saturated carbocycles. The Hall–Kier alpha value is -1.90. The molecule has 3 heteroatoms. The number of hydrogen-bond donors (Lipinski definition) is 0. The highest BCUT2D eigenvalue weighted by molar-refractivity contribution is 7.09. The van der Waals surface area contributed by atoms with Crippen LogP contribution in [-0.4, -0.2) is 4.98 Å². The normalized spacial score (nSPS) is 9.96. The van der Waals surface area contributed by atoms with Gasteiger partial charge in [0, 0.05) is 16.8 Å². The molecule has 3 rings (SSSR count). The minimum absolute atomic E-state index is 0.779. The van der Waals surface area contributed by atoms with E-state index in [1.165, 1.54) is 16.7 Å². The lowest BCUT2D eigenvalue weighted by atomic mass is 10.1. The number of aryl methyl sites for hydroxylation is 2. The number of nitrogens with zero attached hydrogens (tertiary/aromatic N) is 1. The highest BCUT2D eigenvalue weighted by Gasteiger charge is 2.04. The second-order valence-electron chi connectivity index (χ2n) is 5.46. The van der Waals surface area contributed by atoms with Gasteiger partial charge in [0.1, 0.15) is 0 Å². The van der Waals surface area contributed by atoms with Crippen LogP contribution in [-0.2, 0) is 12.8 Å². The summed E-state index contributed by atoms with van der Waals surface area (Å²) < 4.78 is 0. The van der Waals surface area contributed by atoms with Crippen LogP contribution in [0.4, 0.5) is 0 Å². The lowest BCUT2D eigenvalue weighted by Crippen LogP contribution is -1.91. The number of halogens is 1. The van der Waals surface area contributed by atoms with Crippen molar-refractivity contribution in [1.82, 2.24) is 4.98 Å².